The van der Waals surface area contributed by atoms with Gasteiger partial charge in [0.05, 0.1) is 31.1 Å². The Morgan fingerprint density at radius 2 is 1.93 bits per heavy atom. The molecule has 0 amide bonds. The molecular formula is C20H24F3N3O4. The molecule has 0 spiro atoms. The van der Waals surface area contributed by atoms with Crippen molar-refractivity contribution in [2.75, 3.05) is 25.6 Å². The van der Waals surface area contributed by atoms with Gasteiger partial charge in [-0.25, -0.2) is 9.97 Å². The van der Waals surface area contributed by atoms with Crippen LogP contribution >= 0.6 is 0 Å². The van der Waals surface area contributed by atoms with Crippen molar-refractivity contribution in [3.8, 4) is 0 Å². The van der Waals surface area contributed by atoms with E-state index in [1.165, 1.54) is 44.6 Å². The number of carboxylic acid groups (broad SMARTS) is 1. The molecule has 164 valence electrons. The Kier molecular flexibility index (Phi) is 8.13. The van der Waals surface area contributed by atoms with Gasteiger partial charge in [0.15, 0.2) is 6.10 Å². The van der Waals surface area contributed by atoms with Gasteiger partial charge in [0.25, 0.3) is 0 Å². The van der Waals surface area contributed by atoms with Crippen LogP contribution in [0.4, 0.5) is 24.5 Å². The number of hydrogen-bond donors (Lipinski definition) is 2. The molecule has 0 saturated carbocycles. The number of alkyl halides is 3. The summed E-state index contributed by atoms with van der Waals surface area (Å²) in [5.41, 5.74) is 0.913. The minimum atomic E-state index is -4.63. The Morgan fingerprint density at radius 3 is 2.47 bits per heavy atom. The molecule has 0 aliphatic carbocycles. The van der Waals surface area contributed by atoms with Crippen molar-refractivity contribution in [1.82, 2.24) is 9.97 Å². The summed E-state index contributed by atoms with van der Waals surface area (Å²) in [6.45, 7) is 3.14. The van der Waals surface area contributed by atoms with Crippen LogP contribution in [-0.4, -0.2) is 47.5 Å². The summed E-state index contributed by atoms with van der Waals surface area (Å²) in [7, 11) is 1.43. The molecule has 1 aromatic carbocycles. The molecule has 10 heteroatoms. The van der Waals surface area contributed by atoms with E-state index in [-0.39, 0.29) is 30.9 Å². The number of nitrogens with one attached hydrogen (secondary N) is 1. The fourth-order valence-electron chi connectivity index (χ4n) is 2.99. The molecule has 7 nitrogen and oxygen atoms in total. The van der Waals surface area contributed by atoms with Crippen LogP contribution in [0.3, 0.4) is 0 Å². The van der Waals surface area contributed by atoms with E-state index in [1.807, 2.05) is 0 Å². The van der Waals surface area contributed by atoms with Crippen LogP contribution in [0, 0.1) is 6.92 Å². The highest BCUT2D eigenvalue weighted by molar-refractivity contribution is 5.69. The monoisotopic (exact) mass is 427 g/mol. The van der Waals surface area contributed by atoms with Gasteiger partial charge in [0.1, 0.15) is 5.82 Å². The number of hydrogen-bond acceptors (Lipinski definition) is 6. The van der Waals surface area contributed by atoms with Crippen molar-refractivity contribution in [2.24, 2.45) is 0 Å². The zero-order valence-corrected chi connectivity index (χ0v) is 16.9. The largest absolute Gasteiger partial charge is 0.481 e. The van der Waals surface area contributed by atoms with Crippen molar-refractivity contribution in [3.05, 3.63) is 47.5 Å². The Bertz CT molecular complexity index is 844. The lowest BCUT2D eigenvalue weighted by molar-refractivity contribution is -0.222. The molecular weight excluding hydrogens is 403 g/mol. The predicted molar refractivity (Wildman–Crippen MR) is 104 cm³/mol. The number of halogens is 3. The zero-order valence-electron chi connectivity index (χ0n) is 16.9. The molecule has 0 aliphatic heterocycles. The van der Waals surface area contributed by atoms with Crippen LogP contribution in [0.5, 0.6) is 0 Å². The Hall–Kier alpha value is -2.72. The van der Waals surface area contributed by atoms with Crippen LogP contribution in [0.2, 0.25) is 0 Å². The third-order valence-electron chi connectivity index (χ3n) is 4.31. The summed E-state index contributed by atoms with van der Waals surface area (Å²) in [6, 6.07) is 4.25. The van der Waals surface area contributed by atoms with Gasteiger partial charge in [-0.05, 0) is 25.5 Å². The summed E-state index contributed by atoms with van der Waals surface area (Å²) in [4.78, 5) is 19.3. The predicted octanol–water partition coefficient (Wildman–Crippen LogP) is 4.37. The zero-order chi connectivity index (χ0) is 22.3. The maximum absolute atomic E-state index is 13.6. The summed E-state index contributed by atoms with van der Waals surface area (Å²) >= 11 is 0. The van der Waals surface area contributed by atoms with Crippen LogP contribution in [-0.2, 0) is 14.3 Å². The maximum Gasteiger partial charge on any atom is 0.418 e. The molecule has 0 saturated heterocycles. The molecule has 0 fully saturated rings. The molecule has 0 radical (unpaired) electrons. The average molecular weight is 427 g/mol. The third kappa shape index (κ3) is 6.39. The van der Waals surface area contributed by atoms with E-state index in [1.54, 1.807) is 6.92 Å². The van der Waals surface area contributed by atoms with Gasteiger partial charge in [-0.1, -0.05) is 12.1 Å². The van der Waals surface area contributed by atoms with E-state index in [9.17, 15) is 18.0 Å². The van der Waals surface area contributed by atoms with Gasteiger partial charge in [-0.15, -0.1) is 0 Å². The quantitative estimate of drug-likeness (QED) is 0.581. The molecule has 1 aromatic heterocycles. The summed E-state index contributed by atoms with van der Waals surface area (Å²) < 4.78 is 51.0. The van der Waals surface area contributed by atoms with Crippen molar-refractivity contribution in [2.45, 2.75) is 38.5 Å². The Balaban J connectivity index is 2.54. The van der Waals surface area contributed by atoms with E-state index < -0.39 is 24.2 Å². The standard InChI is InChI=1S/C20H24F3N3O4/c1-4-30-19(20(21,22)23)16-6-5-13(14(11-29-3)8-18(27)28)7-17(16)26-15-9-24-12(2)25-10-15/h5-7,9-10,14,19,26H,4,8,11H2,1-3H3,(H,27,28)/t14-,19+/m0/s1. The second-order valence-electron chi connectivity index (χ2n) is 6.62. The lowest BCUT2D eigenvalue weighted by atomic mass is 9.93. The highest BCUT2D eigenvalue weighted by Gasteiger charge is 2.43. The minimum absolute atomic E-state index is 0.104. The number of aryl methyl sites for hydroxylation is 1. The number of anilines is 2. The van der Waals surface area contributed by atoms with Gasteiger partial charge >= 0.3 is 12.1 Å². The lowest BCUT2D eigenvalue weighted by Gasteiger charge is -2.25. The molecule has 2 N–H and O–H groups in total. The van der Waals surface area contributed by atoms with Crippen LogP contribution in [0.1, 0.15) is 42.3 Å². The van der Waals surface area contributed by atoms with E-state index in [2.05, 4.69) is 15.3 Å². The number of nitrogens with zero attached hydrogens (tertiary/aromatic N) is 2. The van der Waals surface area contributed by atoms with Crippen molar-refractivity contribution >= 4 is 17.3 Å². The Labute approximate surface area is 172 Å². The van der Waals surface area contributed by atoms with Crippen LogP contribution in [0.15, 0.2) is 30.6 Å². The number of aromatic nitrogens is 2. The minimum Gasteiger partial charge on any atom is -0.481 e. The molecule has 0 bridgehead atoms. The normalized spacial score (nSPS) is 13.7. The number of aliphatic carboxylic acids is 1. The fraction of sp³-hybridized carbons (Fsp3) is 0.450. The lowest BCUT2D eigenvalue weighted by Crippen LogP contribution is -2.24. The first kappa shape index (κ1) is 23.6. The second kappa shape index (κ2) is 10.4. The van der Waals surface area contributed by atoms with E-state index in [4.69, 9.17) is 14.6 Å². The maximum atomic E-state index is 13.6. The number of rotatable bonds is 10. The second-order valence-corrected chi connectivity index (χ2v) is 6.62. The van der Waals surface area contributed by atoms with Crippen LogP contribution < -0.4 is 5.32 Å². The average Bonchev–Trinajstić information content (AvgIpc) is 2.67. The number of benzene rings is 1. The fourth-order valence-corrected chi connectivity index (χ4v) is 2.99. The van der Waals surface area contributed by atoms with Crippen molar-refractivity contribution < 1.29 is 32.5 Å². The van der Waals surface area contributed by atoms with Gasteiger partial charge in [-0.2, -0.15) is 13.2 Å². The van der Waals surface area contributed by atoms with Gasteiger partial charge < -0.3 is 19.9 Å². The first-order valence-corrected chi connectivity index (χ1v) is 9.24. The summed E-state index contributed by atoms with van der Waals surface area (Å²) in [5, 5.41) is 12.1. The molecule has 0 aliphatic rings. The summed E-state index contributed by atoms with van der Waals surface area (Å²) in [6.07, 6.45) is -4.11. The first-order chi connectivity index (χ1) is 14.2. The summed E-state index contributed by atoms with van der Waals surface area (Å²) in [5.74, 6) is -1.06. The van der Waals surface area contributed by atoms with Crippen LogP contribution in [0.25, 0.3) is 0 Å². The smallest absolute Gasteiger partial charge is 0.418 e. The number of methoxy groups -OCH3 is 1. The number of carbonyl (C=O) groups is 1. The molecule has 30 heavy (non-hydrogen) atoms. The van der Waals surface area contributed by atoms with Gasteiger partial charge in [0.2, 0.25) is 0 Å². The molecule has 2 rings (SSSR count). The highest BCUT2D eigenvalue weighted by Crippen LogP contribution is 2.41. The van der Waals surface area contributed by atoms with E-state index >= 15 is 0 Å². The highest BCUT2D eigenvalue weighted by atomic mass is 19.4. The molecule has 0 unspecified atom stereocenters. The van der Waals surface area contributed by atoms with E-state index in [0.717, 1.165) is 0 Å². The molecule has 2 aromatic rings. The third-order valence-corrected chi connectivity index (χ3v) is 4.31. The van der Waals surface area contributed by atoms with E-state index in [0.29, 0.717) is 17.1 Å². The van der Waals surface area contributed by atoms with Gasteiger partial charge in [-0.3, -0.25) is 4.79 Å². The topological polar surface area (TPSA) is 93.6 Å². The van der Waals surface area contributed by atoms with Crippen molar-refractivity contribution in [1.29, 1.82) is 0 Å². The number of ether oxygens (including phenoxy) is 2. The first-order valence-electron chi connectivity index (χ1n) is 9.24. The molecule has 2 atom stereocenters. The molecule has 1 heterocycles. The number of carboxylic acids is 1. The Morgan fingerprint density at radius 1 is 1.27 bits per heavy atom. The SMILES string of the molecule is CCO[C@H](c1ccc([C@H](COC)CC(=O)O)cc1Nc1cnc(C)nc1)C(F)(F)F. The van der Waals surface area contributed by atoms with Crippen molar-refractivity contribution in [3.63, 3.8) is 0 Å². The van der Waals surface area contributed by atoms with Gasteiger partial charge in [0, 0.05) is 30.9 Å².